The van der Waals surface area contributed by atoms with E-state index in [1.165, 1.54) is 4.31 Å². The van der Waals surface area contributed by atoms with Crippen molar-refractivity contribution in [2.24, 2.45) is 5.92 Å². The van der Waals surface area contributed by atoms with Crippen molar-refractivity contribution in [2.75, 3.05) is 25.0 Å². The first kappa shape index (κ1) is 23.0. The number of aromatic nitrogens is 2. The molecule has 1 amide bonds. The highest BCUT2D eigenvalue weighted by molar-refractivity contribution is 7.89. The summed E-state index contributed by atoms with van der Waals surface area (Å²) < 4.78 is 33.3. The number of hydrogen-bond donors (Lipinski definition) is 2. The van der Waals surface area contributed by atoms with Gasteiger partial charge in [0.2, 0.25) is 15.9 Å². The molecule has 10 heteroatoms. The van der Waals surface area contributed by atoms with Crippen LogP contribution >= 0.6 is 0 Å². The van der Waals surface area contributed by atoms with E-state index in [0.29, 0.717) is 30.0 Å². The van der Waals surface area contributed by atoms with Crippen LogP contribution < -0.4 is 5.32 Å². The summed E-state index contributed by atoms with van der Waals surface area (Å²) in [4.78, 5) is 32.2. The second-order valence-electron chi connectivity index (χ2n) is 7.71. The number of H-pyrrole nitrogens is 1. The molecule has 1 saturated heterocycles. The fraction of sp³-hybridized carbons (Fsp3) is 0.476. The summed E-state index contributed by atoms with van der Waals surface area (Å²) in [5, 5.41) is 2.76. The average Bonchev–Trinajstić information content (AvgIpc) is 3.04. The lowest BCUT2D eigenvalue weighted by Gasteiger charge is -2.31. The van der Waals surface area contributed by atoms with Gasteiger partial charge >= 0.3 is 5.97 Å². The Balaban J connectivity index is 1.83. The Kier molecular flexibility index (Phi) is 6.80. The highest BCUT2D eigenvalue weighted by Crippen LogP contribution is 2.30. The Bertz CT molecular complexity index is 1080. The quantitative estimate of drug-likeness (QED) is 0.655. The van der Waals surface area contributed by atoms with Crippen molar-refractivity contribution in [3.63, 3.8) is 0 Å². The summed E-state index contributed by atoms with van der Waals surface area (Å²) in [6, 6.07) is 3.55. The second-order valence-corrected chi connectivity index (χ2v) is 9.59. The summed E-state index contributed by atoms with van der Waals surface area (Å²) in [5.74, 6) is -1.04. The van der Waals surface area contributed by atoms with Crippen LogP contribution in [0.15, 0.2) is 23.2 Å². The number of amides is 1. The van der Waals surface area contributed by atoms with Crippen molar-refractivity contribution in [1.82, 2.24) is 14.3 Å². The van der Waals surface area contributed by atoms with Gasteiger partial charge in [-0.15, -0.1) is 0 Å². The summed E-state index contributed by atoms with van der Waals surface area (Å²) in [7, 11) is -4.01. The van der Waals surface area contributed by atoms with Crippen LogP contribution in [0.25, 0.3) is 0 Å². The van der Waals surface area contributed by atoms with Gasteiger partial charge in [0.05, 0.1) is 12.5 Å². The molecule has 2 N–H and O–H groups in total. The molecule has 0 aliphatic carbocycles. The molecule has 1 aliphatic rings. The highest BCUT2D eigenvalue weighted by Gasteiger charge is 2.38. The largest absolute Gasteiger partial charge is 0.462 e. The van der Waals surface area contributed by atoms with E-state index in [-0.39, 0.29) is 36.1 Å². The van der Waals surface area contributed by atoms with Gasteiger partial charge in [-0.1, -0.05) is 6.07 Å². The van der Waals surface area contributed by atoms with E-state index in [9.17, 15) is 18.0 Å². The monoisotopic (exact) mass is 448 g/mol. The number of nitrogens with one attached hydrogen (secondary N) is 2. The number of rotatable bonds is 6. The molecule has 0 aromatic carbocycles. The molecule has 0 radical (unpaired) electrons. The summed E-state index contributed by atoms with van der Waals surface area (Å²) in [5.41, 5.74) is 1.81. The number of aryl methyl sites for hydroxylation is 3. The average molecular weight is 449 g/mol. The number of carbonyl (C=O) groups is 2. The van der Waals surface area contributed by atoms with E-state index < -0.39 is 21.9 Å². The Labute approximate surface area is 182 Å². The zero-order chi connectivity index (χ0) is 22.8. The Morgan fingerprint density at radius 2 is 2.00 bits per heavy atom. The normalized spacial score (nSPS) is 17.4. The first-order valence-electron chi connectivity index (χ1n) is 10.2. The number of aromatic amines is 1. The zero-order valence-corrected chi connectivity index (χ0v) is 19.0. The molecule has 9 nitrogen and oxygen atoms in total. The third kappa shape index (κ3) is 4.80. The lowest BCUT2D eigenvalue weighted by Crippen LogP contribution is -2.44. The number of pyridine rings is 1. The Morgan fingerprint density at radius 3 is 2.65 bits per heavy atom. The minimum absolute atomic E-state index is 0.0229. The fourth-order valence-corrected chi connectivity index (χ4v) is 5.74. The molecule has 3 rings (SSSR count). The predicted octanol–water partition coefficient (Wildman–Crippen LogP) is 2.55. The molecule has 1 atom stereocenters. The number of esters is 1. The molecule has 0 unspecified atom stereocenters. The first-order valence-corrected chi connectivity index (χ1v) is 11.7. The number of anilines is 1. The molecule has 168 valence electrons. The van der Waals surface area contributed by atoms with Crippen LogP contribution in [0.2, 0.25) is 0 Å². The predicted molar refractivity (Wildman–Crippen MR) is 115 cm³/mol. The van der Waals surface area contributed by atoms with Gasteiger partial charge in [-0.2, -0.15) is 4.31 Å². The van der Waals surface area contributed by atoms with Crippen molar-refractivity contribution in [3.05, 3.63) is 40.8 Å². The van der Waals surface area contributed by atoms with Gasteiger partial charge in [0.25, 0.3) is 0 Å². The Hall–Kier alpha value is -2.72. The maximum Gasteiger partial charge on any atom is 0.341 e. The SMILES string of the molecule is CCOC(=O)c1c(C)[nH]c(C)c1S(=O)(=O)N1CCC[C@H](C(=O)Nc2ccc(C)cn2)C1. The number of hydrogen-bond acceptors (Lipinski definition) is 6. The lowest BCUT2D eigenvalue weighted by atomic mass is 9.99. The number of carbonyl (C=O) groups excluding carboxylic acids is 2. The van der Waals surface area contributed by atoms with Crippen LogP contribution in [0.5, 0.6) is 0 Å². The summed E-state index contributed by atoms with van der Waals surface area (Å²) in [6.45, 7) is 7.27. The van der Waals surface area contributed by atoms with Crippen molar-refractivity contribution in [3.8, 4) is 0 Å². The number of nitrogens with zero attached hydrogens (tertiary/aromatic N) is 2. The van der Waals surface area contributed by atoms with Crippen LogP contribution in [-0.2, 0) is 19.6 Å². The Morgan fingerprint density at radius 1 is 1.26 bits per heavy atom. The maximum absolute atomic E-state index is 13.5. The fourth-order valence-electron chi connectivity index (χ4n) is 3.80. The third-order valence-electron chi connectivity index (χ3n) is 5.31. The molecule has 1 fully saturated rings. The van der Waals surface area contributed by atoms with Crippen LogP contribution in [0.3, 0.4) is 0 Å². The molecule has 2 aromatic rings. The van der Waals surface area contributed by atoms with Gasteiger partial charge < -0.3 is 15.0 Å². The third-order valence-corrected chi connectivity index (χ3v) is 7.35. The number of ether oxygens (including phenoxy) is 1. The van der Waals surface area contributed by atoms with Gasteiger partial charge in [0.1, 0.15) is 16.3 Å². The molecular weight excluding hydrogens is 420 g/mol. The van der Waals surface area contributed by atoms with E-state index in [2.05, 4.69) is 15.3 Å². The van der Waals surface area contributed by atoms with Gasteiger partial charge in [-0.25, -0.2) is 18.2 Å². The number of sulfonamides is 1. The molecule has 31 heavy (non-hydrogen) atoms. The maximum atomic E-state index is 13.5. The standard InChI is InChI=1S/C21H28N4O5S/c1-5-30-21(27)18-14(3)23-15(4)19(18)31(28,29)25-10-6-7-16(12-25)20(26)24-17-9-8-13(2)11-22-17/h8-9,11,16,23H,5-7,10,12H2,1-4H3,(H,22,24,26)/t16-/m0/s1. The van der Waals surface area contributed by atoms with E-state index in [1.54, 1.807) is 33.0 Å². The zero-order valence-electron chi connectivity index (χ0n) is 18.2. The van der Waals surface area contributed by atoms with Gasteiger partial charge in [-0.05, 0) is 52.2 Å². The van der Waals surface area contributed by atoms with Gasteiger partial charge in [0.15, 0.2) is 0 Å². The van der Waals surface area contributed by atoms with Crippen molar-refractivity contribution < 1.29 is 22.7 Å². The molecule has 0 bridgehead atoms. The van der Waals surface area contributed by atoms with Crippen molar-refractivity contribution in [1.29, 1.82) is 0 Å². The number of piperidine rings is 1. The van der Waals surface area contributed by atoms with E-state index in [0.717, 1.165) is 5.56 Å². The van der Waals surface area contributed by atoms with Gasteiger partial charge in [-0.3, -0.25) is 4.79 Å². The van der Waals surface area contributed by atoms with E-state index in [1.807, 2.05) is 13.0 Å². The molecule has 0 saturated carbocycles. The summed E-state index contributed by atoms with van der Waals surface area (Å²) >= 11 is 0. The van der Waals surface area contributed by atoms with Crippen molar-refractivity contribution >= 4 is 27.7 Å². The smallest absolute Gasteiger partial charge is 0.341 e. The van der Waals surface area contributed by atoms with Crippen LogP contribution in [0.1, 0.15) is 47.1 Å². The minimum atomic E-state index is -4.01. The van der Waals surface area contributed by atoms with E-state index in [4.69, 9.17) is 4.74 Å². The topological polar surface area (TPSA) is 121 Å². The first-order chi connectivity index (χ1) is 14.6. The molecule has 1 aliphatic heterocycles. The highest BCUT2D eigenvalue weighted by atomic mass is 32.2. The minimum Gasteiger partial charge on any atom is -0.462 e. The molecular formula is C21H28N4O5S. The molecule has 0 spiro atoms. The van der Waals surface area contributed by atoms with Crippen LogP contribution in [0, 0.1) is 26.7 Å². The van der Waals surface area contributed by atoms with E-state index >= 15 is 0 Å². The lowest BCUT2D eigenvalue weighted by molar-refractivity contribution is -0.120. The van der Waals surface area contributed by atoms with Gasteiger partial charge in [0, 0.05) is 30.7 Å². The van der Waals surface area contributed by atoms with Crippen LogP contribution in [-0.4, -0.2) is 54.3 Å². The summed E-state index contributed by atoms with van der Waals surface area (Å²) in [6.07, 6.45) is 2.76. The molecule has 3 heterocycles. The van der Waals surface area contributed by atoms with Crippen LogP contribution in [0.4, 0.5) is 5.82 Å². The molecule has 2 aromatic heterocycles. The van der Waals surface area contributed by atoms with Crippen molar-refractivity contribution in [2.45, 2.75) is 45.4 Å². The second kappa shape index (κ2) is 9.19.